The lowest BCUT2D eigenvalue weighted by Gasteiger charge is -2.24. The molecule has 10 nitrogen and oxygen atoms in total. The summed E-state index contributed by atoms with van der Waals surface area (Å²) in [7, 11) is -4.21. The lowest BCUT2D eigenvalue weighted by atomic mass is 10.1. The van der Waals surface area contributed by atoms with Crippen LogP contribution < -0.4 is 4.90 Å². The van der Waals surface area contributed by atoms with Gasteiger partial charge in [-0.2, -0.15) is 4.31 Å². The summed E-state index contributed by atoms with van der Waals surface area (Å²) in [6.45, 7) is 9.34. The summed E-state index contributed by atoms with van der Waals surface area (Å²) in [5.74, 6) is -3.01. The number of hydrogen-bond donors (Lipinski definition) is 0. The summed E-state index contributed by atoms with van der Waals surface area (Å²) in [6.07, 6.45) is 0. The highest BCUT2D eigenvalue weighted by Gasteiger charge is 2.37. The van der Waals surface area contributed by atoms with Crippen LogP contribution in [0.2, 0.25) is 0 Å². The Balaban J connectivity index is 2.01. The van der Waals surface area contributed by atoms with Crippen LogP contribution in [0.3, 0.4) is 0 Å². The van der Waals surface area contributed by atoms with E-state index in [1.54, 1.807) is 59.7 Å². The van der Waals surface area contributed by atoms with Crippen molar-refractivity contribution in [2.75, 3.05) is 31.2 Å². The van der Waals surface area contributed by atoms with Crippen LogP contribution in [-0.4, -0.2) is 62.8 Å². The molecule has 11 heteroatoms. The first kappa shape index (κ1) is 29.2. The fourth-order valence-corrected chi connectivity index (χ4v) is 5.57. The first-order valence-electron chi connectivity index (χ1n) is 12.6. The number of carbonyl (C=O) groups excluding carboxylic acids is 4. The maximum atomic E-state index is 13.9. The quantitative estimate of drug-likeness (QED) is 0.393. The fourth-order valence-electron chi connectivity index (χ4n) is 3.98. The monoisotopic (exact) mass is 546 g/mol. The number of nitrogens with zero attached hydrogens (tertiary/aromatic N) is 2. The first-order chi connectivity index (χ1) is 17.8. The molecule has 0 saturated heterocycles. The highest BCUT2D eigenvalue weighted by atomic mass is 32.2. The van der Waals surface area contributed by atoms with Gasteiger partial charge in [-0.1, -0.05) is 53.7 Å². The zero-order valence-electron chi connectivity index (χ0n) is 22.5. The molecule has 1 aliphatic heterocycles. The third-order valence-electron chi connectivity index (χ3n) is 6.10. The Morgan fingerprint density at radius 1 is 0.842 bits per heavy atom. The predicted molar refractivity (Wildman–Crippen MR) is 141 cm³/mol. The van der Waals surface area contributed by atoms with E-state index in [1.165, 1.54) is 12.1 Å². The standard InChI is InChI=1S/C27H34N2O8S/c1-16(2)24(30)29-21-10-11-22(19-8-7-9-20(23(19)21)25(29)31)38(34,35)28(12-14-36-26(32)17(3)4)13-15-37-27(33)18(5)6/h7-11,16-18H,12-15H2,1-6H3. The number of benzene rings is 2. The number of sulfonamides is 1. The average molecular weight is 547 g/mol. The molecule has 0 spiro atoms. The van der Waals surface area contributed by atoms with Crippen molar-refractivity contribution in [3.63, 3.8) is 0 Å². The predicted octanol–water partition coefficient (Wildman–Crippen LogP) is 3.37. The molecule has 2 aromatic carbocycles. The summed E-state index contributed by atoms with van der Waals surface area (Å²) in [5, 5.41) is 0.667. The number of hydrogen-bond acceptors (Lipinski definition) is 8. The molecule has 0 bridgehead atoms. The van der Waals surface area contributed by atoms with Crippen LogP contribution in [0, 0.1) is 17.8 Å². The maximum absolute atomic E-state index is 13.9. The summed E-state index contributed by atoms with van der Waals surface area (Å²) < 4.78 is 39.3. The number of anilines is 1. The third kappa shape index (κ3) is 5.73. The zero-order valence-corrected chi connectivity index (χ0v) is 23.3. The smallest absolute Gasteiger partial charge is 0.308 e. The number of ether oxygens (including phenoxy) is 2. The second-order valence-corrected chi connectivity index (χ2v) is 11.9. The van der Waals surface area contributed by atoms with E-state index in [-0.39, 0.29) is 59.9 Å². The summed E-state index contributed by atoms with van der Waals surface area (Å²) in [6, 6.07) is 7.54. The topological polar surface area (TPSA) is 127 Å². The molecule has 0 N–H and O–H groups in total. The van der Waals surface area contributed by atoms with E-state index in [0.717, 1.165) is 9.21 Å². The van der Waals surface area contributed by atoms with Crippen LogP contribution in [0.1, 0.15) is 51.9 Å². The molecule has 0 unspecified atom stereocenters. The van der Waals surface area contributed by atoms with Gasteiger partial charge in [0.05, 0.1) is 28.0 Å². The van der Waals surface area contributed by atoms with Gasteiger partial charge in [-0.3, -0.25) is 19.2 Å². The van der Waals surface area contributed by atoms with Gasteiger partial charge in [0.1, 0.15) is 13.2 Å². The van der Waals surface area contributed by atoms with Gasteiger partial charge in [-0.05, 0) is 18.2 Å². The van der Waals surface area contributed by atoms with E-state index >= 15 is 0 Å². The molecule has 0 fully saturated rings. The largest absolute Gasteiger partial charge is 0.464 e. The van der Waals surface area contributed by atoms with E-state index in [2.05, 4.69) is 0 Å². The summed E-state index contributed by atoms with van der Waals surface area (Å²) in [5.41, 5.74) is 0.577. The Bertz CT molecular complexity index is 1340. The fraction of sp³-hybridized carbons (Fsp3) is 0.481. The third-order valence-corrected chi connectivity index (χ3v) is 8.05. The van der Waals surface area contributed by atoms with E-state index in [0.29, 0.717) is 11.1 Å². The normalized spacial score (nSPS) is 13.3. The number of esters is 2. The Labute approximate surface area is 222 Å². The van der Waals surface area contributed by atoms with Crippen molar-refractivity contribution in [1.29, 1.82) is 0 Å². The van der Waals surface area contributed by atoms with Crippen molar-refractivity contribution in [3.8, 4) is 0 Å². The molecule has 1 heterocycles. The van der Waals surface area contributed by atoms with Crippen LogP contribution in [0.15, 0.2) is 35.2 Å². The number of carbonyl (C=O) groups is 4. The Hall–Kier alpha value is -3.31. The lowest BCUT2D eigenvalue weighted by Crippen LogP contribution is -2.38. The van der Waals surface area contributed by atoms with Gasteiger partial charge in [-0.15, -0.1) is 0 Å². The van der Waals surface area contributed by atoms with Crippen molar-refractivity contribution in [3.05, 3.63) is 35.9 Å². The van der Waals surface area contributed by atoms with Gasteiger partial charge in [0.25, 0.3) is 5.91 Å². The minimum atomic E-state index is -4.21. The van der Waals surface area contributed by atoms with Gasteiger partial charge in [0, 0.05) is 29.8 Å². The minimum Gasteiger partial charge on any atom is -0.464 e. The molecule has 38 heavy (non-hydrogen) atoms. The van der Waals surface area contributed by atoms with Crippen molar-refractivity contribution < 1.29 is 37.1 Å². The average Bonchev–Trinajstić information content (AvgIpc) is 3.14. The second kappa shape index (κ2) is 11.6. The molecular weight excluding hydrogens is 512 g/mol. The molecule has 0 radical (unpaired) electrons. The van der Waals surface area contributed by atoms with Crippen molar-refractivity contribution >= 4 is 50.2 Å². The van der Waals surface area contributed by atoms with Crippen LogP contribution in [0.25, 0.3) is 10.8 Å². The molecule has 2 aromatic rings. The Morgan fingerprint density at radius 2 is 1.39 bits per heavy atom. The van der Waals surface area contributed by atoms with E-state index in [9.17, 15) is 27.6 Å². The number of amides is 2. The Kier molecular flexibility index (Phi) is 8.94. The molecular formula is C27H34N2O8S. The lowest BCUT2D eigenvalue weighted by molar-refractivity contribution is -0.147. The maximum Gasteiger partial charge on any atom is 0.308 e. The van der Waals surface area contributed by atoms with Gasteiger partial charge in [0.2, 0.25) is 15.9 Å². The molecule has 1 aliphatic rings. The van der Waals surface area contributed by atoms with E-state index in [1.807, 2.05) is 0 Å². The summed E-state index contributed by atoms with van der Waals surface area (Å²) in [4.78, 5) is 50.7. The van der Waals surface area contributed by atoms with Gasteiger partial charge in [0.15, 0.2) is 0 Å². The van der Waals surface area contributed by atoms with Crippen molar-refractivity contribution in [1.82, 2.24) is 4.31 Å². The van der Waals surface area contributed by atoms with Crippen LogP contribution in [-0.2, 0) is 33.9 Å². The number of rotatable bonds is 11. The molecule has 206 valence electrons. The molecule has 3 rings (SSSR count). The first-order valence-corrected chi connectivity index (χ1v) is 14.0. The van der Waals surface area contributed by atoms with Crippen molar-refractivity contribution in [2.24, 2.45) is 17.8 Å². The van der Waals surface area contributed by atoms with Gasteiger partial charge in [-0.25, -0.2) is 13.3 Å². The van der Waals surface area contributed by atoms with E-state index in [4.69, 9.17) is 9.47 Å². The SMILES string of the molecule is CC(C)C(=O)OCCN(CCOC(=O)C(C)C)S(=O)(=O)c1ccc2c3c(cccc13)C(=O)N2C(=O)C(C)C. The molecule has 0 atom stereocenters. The van der Waals surface area contributed by atoms with E-state index < -0.39 is 33.8 Å². The molecule has 0 aromatic heterocycles. The van der Waals surface area contributed by atoms with Crippen molar-refractivity contribution in [2.45, 2.75) is 46.4 Å². The van der Waals surface area contributed by atoms with Gasteiger partial charge >= 0.3 is 11.9 Å². The highest BCUT2D eigenvalue weighted by Crippen LogP contribution is 2.41. The second-order valence-electron chi connectivity index (χ2n) is 9.99. The van der Waals surface area contributed by atoms with Gasteiger partial charge < -0.3 is 9.47 Å². The number of imide groups is 1. The highest BCUT2D eigenvalue weighted by molar-refractivity contribution is 7.89. The van der Waals surface area contributed by atoms with Crippen LogP contribution >= 0.6 is 0 Å². The zero-order chi connectivity index (χ0) is 28.4. The molecule has 0 saturated carbocycles. The molecule has 2 amide bonds. The van der Waals surface area contributed by atoms with Crippen LogP contribution in [0.5, 0.6) is 0 Å². The minimum absolute atomic E-state index is 0.0740. The molecule has 0 aliphatic carbocycles. The summed E-state index contributed by atoms with van der Waals surface area (Å²) >= 11 is 0. The van der Waals surface area contributed by atoms with Crippen LogP contribution in [0.4, 0.5) is 5.69 Å². The Morgan fingerprint density at radius 3 is 1.89 bits per heavy atom.